The standard InChI is InChI=1S/C23H27N/c1-2-4-18-5-3-6-20(10-7-18)22-13-15-23(16-14-22)21-11-8-19(17-24)9-12-21/h8-9,11-16,18,20H,2-7,10H2,1H3/t18-,20+/m1/s1. The van der Waals surface area contributed by atoms with E-state index in [4.69, 9.17) is 5.26 Å². The molecule has 0 amide bonds. The monoisotopic (exact) mass is 317 g/mol. The Hall–Kier alpha value is -2.07. The Bertz CT molecular complexity index is 675. The topological polar surface area (TPSA) is 23.8 Å². The second kappa shape index (κ2) is 8.15. The van der Waals surface area contributed by atoms with E-state index in [0.717, 1.165) is 17.4 Å². The second-order valence-electron chi connectivity index (χ2n) is 7.17. The van der Waals surface area contributed by atoms with E-state index in [2.05, 4.69) is 37.3 Å². The minimum atomic E-state index is 0.718. The molecular weight excluding hydrogens is 290 g/mol. The van der Waals surface area contributed by atoms with Crippen LogP contribution in [0.3, 0.4) is 0 Å². The largest absolute Gasteiger partial charge is 0.192 e. The van der Waals surface area contributed by atoms with E-state index in [1.54, 1.807) is 0 Å². The maximum absolute atomic E-state index is 8.90. The van der Waals surface area contributed by atoms with E-state index in [1.807, 2.05) is 24.3 Å². The highest BCUT2D eigenvalue weighted by atomic mass is 14.2. The summed E-state index contributed by atoms with van der Waals surface area (Å²) in [5.41, 5.74) is 4.64. The molecule has 2 atom stereocenters. The summed E-state index contributed by atoms with van der Waals surface area (Å²) >= 11 is 0. The normalized spacial score (nSPS) is 21.0. The molecular formula is C23H27N. The number of hydrogen-bond donors (Lipinski definition) is 0. The molecule has 0 heterocycles. The Kier molecular flexibility index (Phi) is 5.70. The van der Waals surface area contributed by atoms with Gasteiger partial charge in [-0.15, -0.1) is 0 Å². The highest BCUT2D eigenvalue weighted by Crippen LogP contribution is 2.36. The Morgan fingerprint density at radius 2 is 1.54 bits per heavy atom. The molecule has 24 heavy (non-hydrogen) atoms. The molecule has 0 aromatic heterocycles. The van der Waals surface area contributed by atoms with Crippen LogP contribution in [0.15, 0.2) is 48.5 Å². The summed E-state index contributed by atoms with van der Waals surface area (Å²) < 4.78 is 0. The van der Waals surface area contributed by atoms with Crippen LogP contribution in [0, 0.1) is 17.2 Å². The van der Waals surface area contributed by atoms with Crippen molar-refractivity contribution in [2.75, 3.05) is 0 Å². The Morgan fingerprint density at radius 1 is 0.875 bits per heavy atom. The van der Waals surface area contributed by atoms with Crippen LogP contribution in [0.5, 0.6) is 0 Å². The highest BCUT2D eigenvalue weighted by molar-refractivity contribution is 5.64. The third-order valence-electron chi connectivity index (χ3n) is 5.51. The molecule has 0 N–H and O–H groups in total. The Labute approximate surface area is 146 Å². The van der Waals surface area contributed by atoms with Gasteiger partial charge in [0.1, 0.15) is 0 Å². The van der Waals surface area contributed by atoms with E-state index in [-0.39, 0.29) is 0 Å². The molecule has 1 aliphatic rings. The maximum atomic E-state index is 8.90. The van der Waals surface area contributed by atoms with Crippen molar-refractivity contribution in [2.24, 2.45) is 5.92 Å². The van der Waals surface area contributed by atoms with Gasteiger partial charge < -0.3 is 0 Å². The lowest BCUT2D eigenvalue weighted by Crippen LogP contribution is -1.99. The van der Waals surface area contributed by atoms with Gasteiger partial charge in [0.15, 0.2) is 0 Å². The quantitative estimate of drug-likeness (QED) is 0.576. The van der Waals surface area contributed by atoms with Crippen LogP contribution in [0.25, 0.3) is 11.1 Å². The fraction of sp³-hybridized carbons (Fsp3) is 0.435. The van der Waals surface area contributed by atoms with Gasteiger partial charge in [-0.1, -0.05) is 69.0 Å². The fourth-order valence-corrected chi connectivity index (χ4v) is 4.09. The minimum absolute atomic E-state index is 0.718. The van der Waals surface area contributed by atoms with Crippen LogP contribution >= 0.6 is 0 Å². The summed E-state index contributed by atoms with van der Waals surface area (Å²) in [6.07, 6.45) is 9.63. The van der Waals surface area contributed by atoms with Gasteiger partial charge in [-0.25, -0.2) is 0 Å². The van der Waals surface area contributed by atoms with Gasteiger partial charge in [-0.2, -0.15) is 5.26 Å². The molecule has 1 heteroatoms. The van der Waals surface area contributed by atoms with Gasteiger partial charge >= 0.3 is 0 Å². The smallest absolute Gasteiger partial charge is 0.0991 e. The lowest BCUT2D eigenvalue weighted by atomic mass is 9.89. The van der Waals surface area contributed by atoms with Gasteiger partial charge in [0, 0.05) is 0 Å². The number of nitrogens with zero attached hydrogens (tertiary/aromatic N) is 1. The van der Waals surface area contributed by atoms with Crippen LogP contribution in [0.4, 0.5) is 0 Å². The van der Waals surface area contributed by atoms with E-state index >= 15 is 0 Å². The molecule has 0 aliphatic heterocycles. The number of rotatable bonds is 4. The van der Waals surface area contributed by atoms with Crippen molar-refractivity contribution in [1.29, 1.82) is 5.26 Å². The fourth-order valence-electron chi connectivity index (χ4n) is 4.09. The number of nitriles is 1. The zero-order chi connectivity index (χ0) is 16.8. The number of hydrogen-bond acceptors (Lipinski definition) is 1. The van der Waals surface area contributed by atoms with Crippen LogP contribution < -0.4 is 0 Å². The van der Waals surface area contributed by atoms with Gasteiger partial charge in [0.05, 0.1) is 11.6 Å². The van der Waals surface area contributed by atoms with Crippen LogP contribution in [-0.2, 0) is 0 Å². The zero-order valence-electron chi connectivity index (χ0n) is 14.7. The van der Waals surface area contributed by atoms with Gasteiger partial charge in [0.25, 0.3) is 0 Å². The first kappa shape index (κ1) is 16.8. The van der Waals surface area contributed by atoms with Crippen molar-refractivity contribution in [3.8, 4) is 17.2 Å². The first-order chi connectivity index (χ1) is 11.8. The first-order valence-electron chi connectivity index (χ1n) is 9.40. The van der Waals surface area contributed by atoms with Crippen LogP contribution in [-0.4, -0.2) is 0 Å². The predicted molar refractivity (Wildman–Crippen MR) is 101 cm³/mol. The van der Waals surface area contributed by atoms with Crippen molar-refractivity contribution in [3.63, 3.8) is 0 Å². The minimum Gasteiger partial charge on any atom is -0.192 e. The number of benzene rings is 2. The van der Waals surface area contributed by atoms with Crippen LogP contribution in [0.1, 0.15) is 68.9 Å². The maximum Gasteiger partial charge on any atom is 0.0991 e. The lowest BCUT2D eigenvalue weighted by molar-refractivity contribution is 0.421. The zero-order valence-corrected chi connectivity index (χ0v) is 14.7. The molecule has 0 saturated heterocycles. The summed E-state index contributed by atoms with van der Waals surface area (Å²) in [6, 6.07) is 19.1. The molecule has 1 aliphatic carbocycles. The molecule has 1 fully saturated rings. The SMILES string of the molecule is CCC[C@@H]1CCC[C@H](c2ccc(-c3ccc(C#N)cc3)cc2)CC1. The third kappa shape index (κ3) is 4.06. The molecule has 0 bridgehead atoms. The van der Waals surface area contributed by atoms with E-state index < -0.39 is 0 Å². The molecule has 0 radical (unpaired) electrons. The Balaban J connectivity index is 1.68. The summed E-state index contributed by atoms with van der Waals surface area (Å²) in [5, 5.41) is 8.90. The molecule has 1 nitrogen and oxygen atoms in total. The van der Waals surface area contributed by atoms with Crippen molar-refractivity contribution in [1.82, 2.24) is 0 Å². The third-order valence-corrected chi connectivity index (χ3v) is 5.51. The van der Waals surface area contributed by atoms with Gasteiger partial charge in [-0.05, 0) is 59.9 Å². The average molecular weight is 317 g/mol. The average Bonchev–Trinajstić information content (AvgIpc) is 2.88. The molecule has 1 saturated carbocycles. The van der Waals surface area contributed by atoms with Crippen molar-refractivity contribution >= 4 is 0 Å². The van der Waals surface area contributed by atoms with E-state index in [0.29, 0.717) is 0 Å². The highest BCUT2D eigenvalue weighted by Gasteiger charge is 2.19. The van der Waals surface area contributed by atoms with E-state index in [9.17, 15) is 0 Å². The summed E-state index contributed by atoms with van der Waals surface area (Å²) in [7, 11) is 0. The molecule has 0 spiro atoms. The molecule has 3 rings (SSSR count). The van der Waals surface area contributed by atoms with Crippen molar-refractivity contribution < 1.29 is 0 Å². The summed E-state index contributed by atoms with van der Waals surface area (Å²) in [5.74, 6) is 1.69. The summed E-state index contributed by atoms with van der Waals surface area (Å²) in [6.45, 7) is 2.31. The van der Waals surface area contributed by atoms with Crippen LogP contribution in [0.2, 0.25) is 0 Å². The molecule has 2 aromatic carbocycles. The predicted octanol–water partition coefficient (Wildman–Crippen LogP) is 6.69. The van der Waals surface area contributed by atoms with E-state index in [1.165, 1.54) is 61.6 Å². The Morgan fingerprint density at radius 3 is 2.17 bits per heavy atom. The molecule has 0 unspecified atom stereocenters. The van der Waals surface area contributed by atoms with Gasteiger partial charge in [0.2, 0.25) is 0 Å². The van der Waals surface area contributed by atoms with Crippen molar-refractivity contribution in [3.05, 3.63) is 59.7 Å². The van der Waals surface area contributed by atoms with Gasteiger partial charge in [-0.3, -0.25) is 0 Å². The summed E-state index contributed by atoms with van der Waals surface area (Å²) in [4.78, 5) is 0. The second-order valence-corrected chi connectivity index (χ2v) is 7.17. The molecule has 124 valence electrons. The lowest BCUT2D eigenvalue weighted by Gasteiger charge is -2.16. The van der Waals surface area contributed by atoms with Crippen molar-refractivity contribution in [2.45, 2.75) is 57.8 Å². The molecule has 2 aromatic rings. The first-order valence-corrected chi connectivity index (χ1v) is 9.40.